The zero-order valence-corrected chi connectivity index (χ0v) is 10.2. The molecule has 4 nitrogen and oxygen atoms in total. The van der Waals surface area contributed by atoms with Crippen LogP contribution < -0.4 is 0 Å². The van der Waals surface area contributed by atoms with Crippen molar-refractivity contribution in [3.8, 4) is 10.8 Å². The maximum absolute atomic E-state index is 9.22. The molecule has 0 amide bonds. The van der Waals surface area contributed by atoms with Gasteiger partial charge >= 0.3 is 0 Å². The summed E-state index contributed by atoms with van der Waals surface area (Å²) >= 11 is 3.75. The van der Waals surface area contributed by atoms with Crippen molar-refractivity contribution in [3.05, 3.63) is 20.8 Å². The van der Waals surface area contributed by atoms with Crippen molar-refractivity contribution in [2.75, 3.05) is 0 Å². The molecule has 14 heavy (non-hydrogen) atoms. The van der Waals surface area contributed by atoms with Crippen molar-refractivity contribution in [1.82, 2.24) is 10.1 Å². The van der Waals surface area contributed by atoms with Gasteiger partial charge in [-0.3, -0.25) is 0 Å². The third kappa shape index (κ3) is 1.82. The molecule has 0 aliphatic carbocycles. The highest BCUT2D eigenvalue weighted by atomic mass is 127. The summed E-state index contributed by atoms with van der Waals surface area (Å²) in [6, 6.07) is 1.98. The van der Waals surface area contributed by atoms with E-state index in [1.807, 2.05) is 11.4 Å². The number of aliphatic hydroxyl groups is 1. The summed E-state index contributed by atoms with van der Waals surface area (Å²) in [5.41, 5.74) is 0. The molecule has 1 unspecified atom stereocenters. The first-order valence-corrected chi connectivity index (χ1v) is 5.89. The zero-order valence-electron chi connectivity index (χ0n) is 7.27. The van der Waals surface area contributed by atoms with Crippen molar-refractivity contribution >= 4 is 33.9 Å². The normalized spacial score (nSPS) is 13.1. The SMILES string of the molecule is CC(O)c1noc(-c2sccc2I)n1. The van der Waals surface area contributed by atoms with E-state index < -0.39 is 6.10 Å². The van der Waals surface area contributed by atoms with Gasteiger partial charge in [0, 0.05) is 3.57 Å². The molecule has 1 N–H and O–H groups in total. The topological polar surface area (TPSA) is 59.2 Å². The third-order valence-corrected chi connectivity index (χ3v) is 3.79. The lowest BCUT2D eigenvalue weighted by Gasteiger charge is -1.91. The molecule has 6 heteroatoms. The zero-order chi connectivity index (χ0) is 10.1. The van der Waals surface area contributed by atoms with E-state index >= 15 is 0 Å². The van der Waals surface area contributed by atoms with Gasteiger partial charge in [-0.1, -0.05) is 5.16 Å². The van der Waals surface area contributed by atoms with E-state index in [1.165, 1.54) is 0 Å². The molecule has 0 aliphatic rings. The smallest absolute Gasteiger partial charge is 0.269 e. The predicted octanol–water partition coefficient (Wildman–Crippen LogP) is 2.46. The average molecular weight is 322 g/mol. The second kappa shape index (κ2) is 3.95. The Balaban J connectivity index is 2.39. The van der Waals surface area contributed by atoms with Crippen LogP contribution in [0.15, 0.2) is 16.0 Å². The molecule has 2 aromatic rings. The lowest BCUT2D eigenvalue weighted by atomic mass is 10.4. The Hall–Kier alpha value is -0.470. The monoisotopic (exact) mass is 322 g/mol. The molecule has 0 bridgehead atoms. The van der Waals surface area contributed by atoms with Crippen LogP contribution >= 0.6 is 33.9 Å². The summed E-state index contributed by atoms with van der Waals surface area (Å²) in [5.74, 6) is 0.796. The first-order valence-electron chi connectivity index (χ1n) is 3.93. The summed E-state index contributed by atoms with van der Waals surface area (Å²) in [6.45, 7) is 1.61. The maximum Gasteiger partial charge on any atom is 0.269 e. The lowest BCUT2D eigenvalue weighted by molar-refractivity contribution is 0.184. The number of aromatic nitrogens is 2. The van der Waals surface area contributed by atoms with Crippen molar-refractivity contribution in [2.24, 2.45) is 0 Å². The van der Waals surface area contributed by atoms with E-state index in [0.29, 0.717) is 11.7 Å². The molecule has 0 aliphatic heterocycles. The molecule has 74 valence electrons. The Bertz CT molecular complexity index is 438. The molecule has 0 aromatic carbocycles. The number of halogens is 1. The van der Waals surface area contributed by atoms with Gasteiger partial charge in [-0.2, -0.15) is 4.98 Å². The van der Waals surface area contributed by atoms with Gasteiger partial charge in [0.2, 0.25) is 0 Å². The summed E-state index contributed by atoms with van der Waals surface area (Å²) < 4.78 is 6.11. The van der Waals surface area contributed by atoms with Gasteiger partial charge in [-0.05, 0) is 41.0 Å². The van der Waals surface area contributed by atoms with E-state index in [9.17, 15) is 5.11 Å². The van der Waals surface area contributed by atoms with Gasteiger partial charge in [0.25, 0.3) is 5.89 Å². The fourth-order valence-electron chi connectivity index (χ4n) is 0.943. The van der Waals surface area contributed by atoms with Crippen LogP contribution in [0.1, 0.15) is 18.9 Å². The van der Waals surface area contributed by atoms with Gasteiger partial charge in [-0.15, -0.1) is 11.3 Å². The number of hydrogen-bond acceptors (Lipinski definition) is 5. The summed E-state index contributed by atoms with van der Waals surface area (Å²) in [5, 5.41) is 14.9. The van der Waals surface area contributed by atoms with E-state index in [1.54, 1.807) is 18.3 Å². The maximum atomic E-state index is 9.22. The predicted molar refractivity (Wildman–Crippen MR) is 61.0 cm³/mol. The average Bonchev–Trinajstić information content (AvgIpc) is 2.71. The van der Waals surface area contributed by atoms with Gasteiger partial charge < -0.3 is 9.63 Å². The first-order chi connectivity index (χ1) is 6.68. The van der Waals surface area contributed by atoms with Crippen LogP contribution in [0, 0.1) is 3.57 Å². The van der Waals surface area contributed by atoms with Crippen LogP contribution in [-0.2, 0) is 0 Å². The van der Waals surface area contributed by atoms with E-state index in [-0.39, 0.29) is 0 Å². The fraction of sp³-hybridized carbons (Fsp3) is 0.250. The van der Waals surface area contributed by atoms with Gasteiger partial charge in [0.15, 0.2) is 5.82 Å². The van der Waals surface area contributed by atoms with Crippen LogP contribution in [0.2, 0.25) is 0 Å². The molecule has 2 aromatic heterocycles. The summed E-state index contributed by atoms with van der Waals surface area (Å²) in [7, 11) is 0. The minimum absolute atomic E-state index is 0.323. The highest BCUT2D eigenvalue weighted by Crippen LogP contribution is 2.29. The molecule has 0 fully saturated rings. The van der Waals surface area contributed by atoms with Gasteiger partial charge in [0.1, 0.15) is 11.0 Å². The van der Waals surface area contributed by atoms with Crippen molar-refractivity contribution in [3.63, 3.8) is 0 Å². The van der Waals surface area contributed by atoms with Crippen molar-refractivity contribution in [1.29, 1.82) is 0 Å². The second-order valence-corrected chi connectivity index (χ2v) is 4.81. The van der Waals surface area contributed by atoms with E-state index in [4.69, 9.17) is 4.52 Å². The largest absolute Gasteiger partial charge is 0.385 e. The number of aliphatic hydroxyl groups excluding tert-OH is 1. The van der Waals surface area contributed by atoms with E-state index in [2.05, 4.69) is 32.7 Å². The second-order valence-electron chi connectivity index (χ2n) is 2.73. The Morgan fingerprint density at radius 1 is 1.64 bits per heavy atom. The minimum Gasteiger partial charge on any atom is -0.385 e. The van der Waals surface area contributed by atoms with Crippen LogP contribution in [0.4, 0.5) is 0 Å². The van der Waals surface area contributed by atoms with Crippen LogP contribution in [0.5, 0.6) is 0 Å². The van der Waals surface area contributed by atoms with E-state index in [0.717, 1.165) is 8.45 Å². The first kappa shape index (κ1) is 10.1. The number of rotatable bonds is 2. The Morgan fingerprint density at radius 2 is 2.43 bits per heavy atom. The number of hydrogen-bond donors (Lipinski definition) is 1. The third-order valence-electron chi connectivity index (χ3n) is 1.63. The van der Waals surface area contributed by atoms with Gasteiger partial charge in [-0.25, -0.2) is 0 Å². The fourth-order valence-corrected chi connectivity index (χ4v) is 2.68. The molecule has 1 atom stereocenters. The Kier molecular flexibility index (Phi) is 2.84. The van der Waals surface area contributed by atoms with Crippen molar-refractivity contribution < 1.29 is 9.63 Å². The highest BCUT2D eigenvalue weighted by molar-refractivity contribution is 14.1. The van der Waals surface area contributed by atoms with Crippen LogP contribution in [0.3, 0.4) is 0 Å². The standard InChI is InChI=1S/C8H7IN2O2S/c1-4(12)7-10-8(13-11-7)6-5(9)2-3-14-6/h2-4,12H,1H3. The molecule has 0 saturated carbocycles. The Labute approximate surface area is 98.1 Å². The molecular formula is C8H7IN2O2S. The van der Waals surface area contributed by atoms with Gasteiger partial charge in [0.05, 0.1) is 0 Å². The van der Waals surface area contributed by atoms with Crippen molar-refractivity contribution in [2.45, 2.75) is 13.0 Å². The quantitative estimate of drug-likeness (QED) is 0.863. The molecular weight excluding hydrogens is 315 g/mol. The highest BCUT2D eigenvalue weighted by Gasteiger charge is 2.15. The Morgan fingerprint density at radius 3 is 2.93 bits per heavy atom. The molecule has 2 heterocycles. The molecule has 2 rings (SSSR count). The minimum atomic E-state index is -0.690. The summed E-state index contributed by atoms with van der Waals surface area (Å²) in [4.78, 5) is 5.04. The van der Waals surface area contributed by atoms with Crippen LogP contribution in [0.25, 0.3) is 10.8 Å². The number of thiophene rings is 1. The summed E-state index contributed by atoms with van der Waals surface area (Å²) in [6.07, 6.45) is -0.690. The molecule has 0 radical (unpaired) electrons. The number of nitrogens with zero attached hydrogens (tertiary/aromatic N) is 2. The lowest BCUT2D eigenvalue weighted by Crippen LogP contribution is -1.92. The molecule has 0 saturated heterocycles. The molecule has 0 spiro atoms. The van der Waals surface area contributed by atoms with Crippen LogP contribution in [-0.4, -0.2) is 15.2 Å².